The Balaban J connectivity index is 1.84. The monoisotopic (exact) mass is 387 g/mol. The Morgan fingerprint density at radius 1 is 1.21 bits per heavy atom. The van der Waals surface area contributed by atoms with E-state index < -0.39 is 17.3 Å². The van der Waals surface area contributed by atoms with E-state index in [-0.39, 0.29) is 29.4 Å². The minimum atomic E-state index is -1.72. The molecule has 0 bridgehead atoms. The smallest absolute Gasteiger partial charge is 0.341 e. The molecule has 0 saturated carbocycles. The van der Waals surface area contributed by atoms with Gasteiger partial charge in [-0.1, -0.05) is 48.5 Å². The van der Waals surface area contributed by atoms with E-state index in [4.69, 9.17) is 15.2 Å². The molecule has 2 aliphatic rings. The minimum absolute atomic E-state index is 0.000751. The van der Waals surface area contributed by atoms with Gasteiger partial charge in [0.15, 0.2) is 5.41 Å². The second-order valence-corrected chi connectivity index (χ2v) is 6.70. The molecule has 2 heterocycles. The number of allylic oxidation sites excluding steroid dienone is 1. The third kappa shape index (κ3) is 2.65. The van der Waals surface area contributed by atoms with Crippen LogP contribution in [0.2, 0.25) is 0 Å². The standard InChI is InChI=1S/C22H17N3O4/c1-13-16(11-23)22(15-9-5-6-10-17(15)25-21(22)27)18(19(24)29-13)20(26)28-12-14-7-3-2-4-8-14/h2-10H,12,24H2,1H3,(H,25,27)/t22-/m1/s1. The van der Waals surface area contributed by atoms with Crippen LogP contribution < -0.4 is 11.1 Å². The third-order valence-corrected chi connectivity index (χ3v) is 5.06. The van der Waals surface area contributed by atoms with Crippen LogP contribution in [0.4, 0.5) is 5.69 Å². The Bertz CT molecular complexity index is 1130. The van der Waals surface area contributed by atoms with Gasteiger partial charge < -0.3 is 20.5 Å². The molecule has 1 amide bonds. The summed E-state index contributed by atoms with van der Waals surface area (Å²) in [6.07, 6.45) is 0. The van der Waals surface area contributed by atoms with E-state index in [1.807, 2.05) is 24.3 Å². The summed E-state index contributed by atoms with van der Waals surface area (Å²) in [4.78, 5) is 26.3. The fourth-order valence-electron chi connectivity index (χ4n) is 3.81. The zero-order valence-corrected chi connectivity index (χ0v) is 15.6. The number of nitriles is 1. The summed E-state index contributed by atoms with van der Waals surface area (Å²) in [5, 5.41) is 12.6. The largest absolute Gasteiger partial charge is 0.457 e. The molecule has 0 unspecified atom stereocenters. The number of anilines is 1. The number of nitrogens with one attached hydrogen (secondary N) is 1. The highest BCUT2D eigenvalue weighted by atomic mass is 16.5. The number of carbonyl (C=O) groups excluding carboxylic acids is 2. The molecule has 1 atom stereocenters. The van der Waals surface area contributed by atoms with Crippen LogP contribution in [0.3, 0.4) is 0 Å². The highest BCUT2D eigenvalue weighted by molar-refractivity contribution is 6.17. The summed E-state index contributed by atoms with van der Waals surface area (Å²) >= 11 is 0. The van der Waals surface area contributed by atoms with Crippen LogP contribution in [-0.4, -0.2) is 11.9 Å². The Labute approximate surface area is 167 Å². The van der Waals surface area contributed by atoms with Crippen LogP contribution in [-0.2, 0) is 31.1 Å². The molecule has 0 saturated heterocycles. The number of esters is 1. The van der Waals surface area contributed by atoms with E-state index in [0.29, 0.717) is 11.3 Å². The van der Waals surface area contributed by atoms with Crippen LogP contribution >= 0.6 is 0 Å². The lowest BCUT2D eigenvalue weighted by Gasteiger charge is -2.33. The van der Waals surface area contributed by atoms with E-state index in [0.717, 1.165) is 5.56 Å². The summed E-state index contributed by atoms with van der Waals surface area (Å²) in [7, 11) is 0. The number of benzene rings is 2. The third-order valence-electron chi connectivity index (χ3n) is 5.06. The quantitative estimate of drug-likeness (QED) is 0.783. The Kier molecular flexibility index (Phi) is 4.32. The van der Waals surface area contributed by atoms with Gasteiger partial charge in [-0.15, -0.1) is 0 Å². The van der Waals surface area contributed by atoms with E-state index in [1.54, 1.807) is 36.4 Å². The molecule has 7 heteroatoms. The van der Waals surface area contributed by atoms with Crippen molar-refractivity contribution in [2.75, 3.05) is 5.32 Å². The topological polar surface area (TPSA) is 114 Å². The maximum atomic E-state index is 13.2. The van der Waals surface area contributed by atoms with Crippen molar-refractivity contribution in [2.45, 2.75) is 18.9 Å². The van der Waals surface area contributed by atoms with Crippen LogP contribution in [0.1, 0.15) is 18.1 Å². The molecule has 3 N–H and O–H groups in total. The molecule has 2 aliphatic heterocycles. The van der Waals surface area contributed by atoms with Gasteiger partial charge in [0.2, 0.25) is 11.8 Å². The molecule has 144 valence electrons. The summed E-state index contributed by atoms with van der Waals surface area (Å²) in [5.41, 5.74) is 5.88. The van der Waals surface area contributed by atoms with Crippen molar-refractivity contribution < 1.29 is 19.1 Å². The van der Waals surface area contributed by atoms with Crippen LogP contribution in [0.5, 0.6) is 0 Å². The number of hydrogen-bond acceptors (Lipinski definition) is 6. The minimum Gasteiger partial charge on any atom is -0.457 e. The lowest BCUT2D eigenvalue weighted by molar-refractivity contribution is -0.142. The first-order valence-electron chi connectivity index (χ1n) is 8.91. The summed E-state index contributed by atoms with van der Waals surface area (Å²) in [6, 6.07) is 18.0. The van der Waals surface area contributed by atoms with E-state index in [1.165, 1.54) is 6.92 Å². The van der Waals surface area contributed by atoms with E-state index in [9.17, 15) is 14.9 Å². The first-order valence-corrected chi connectivity index (χ1v) is 8.91. The number of nitrogens with zero attached hydrogens (tertiary/aromatic N) is 1. The molecule has 2 aromatic rings. The number of fused-ring (bicyclic) bond motifs is 2. The van der Waals surface area contributed by atoms with Crippen molar-refractivity contribution in [1.29, 1.82) is 5.26 Å². The number of rotatable bonds is 3. The zero-order chi connectivity index (χ0) is 20.6. The van der Waals surface area contributed by atoms with Crippen molar-refractivity contribution in [3.05, 3.63) is 88.5 Å². The molecule has 0 radical (unpaired) electrons. The molecule has 0 aliphatic carbocycles. The second kappa shape index (κ2) is 6.84. The number of hydrogen-bond donors (Lipinski definition) is 2. The van der Waals surface area contributed by atoms with Gasteiger partial charge in [0.1, 0.15) is 24.0 Å². The van der Waals surface area contributed by atoms with Crippen molar-refractivity contribution in [2.24, 2.45) is 5.73 Å². The van der Waals surface area contributed by atoms with Gasteiger partial charge in [-0.3, -0.25) is 4.79 Å². The molecular weight excluding hydrogens is 370 g/mol. The summed E-state index contributed by atoms with van der Waals surface area (Å²) in [5.74, 6) is -1.46. The van der Waals surface area contributed by atoms with Gasteiger partial charge >= 0.3 is 5.97 Å². The molecule has 0 aromatic heterocycles. The Morgan fingerprint density at radius 3 is 2.62 bits per heavy atom. The molecule has 4 rings (SSSR count). The fraction of sp³-hybridized carbons (Fsp3) is 0.136. The maximum Gasteiger partial charge on any atom is 0.341 e. The fourth-order valence-corrected chi connectivity index (χ4v) is 3.81. The zero-order valence-electron chi connectivity index (χ0n) is 15.6. The van der Waals surface area contributed by atoms with Crippen LogP contribution in [0.15, 0.2) is 77.4 Å². The van der Waals surface area contributed by atoms with Crippen LogP contribution in [0.25, 0.3) is 0 Å². The van der Waals surface area contributed by atoms with Gasteiger partial charge in [0.05, 0.1) is 5.57 Å². The molecule has 1 spiro atoms. The highest BCUT2D eigenvalue weighted by Crippen LogP contribution is 2.51. The first kappa shape index (κ1) is 18.3. The molecular formula is C22H17N3O4. The first-order chi connectivity index (χ1) is 14.0. The Morgan fingerprint density at radius 2 is 1.90 bits per heavy atom. The van der Waals surface area contributed by atoms with Gasteiger partial charge in [-0.2, -0.15) is 5.26 Å². The average Bonchev–Trinajstić information content (AvgIpc) is 2.99. The van der Waals surface area contributed by atoms with Crippen molar-refractivity contribution in [3.63, 3.8) is 0 Å². The predicted molar refractivity (Wildman–Crippen MR) is 104 cm³/mol. The average molecular weight is 387 g/mol. The van der Waals surface area contributed by atoms with Crippen molar-refractivity contribution >= 4 is 17.6 Å². The van der Waals surface area contributed by atoms with E-state index in [2.05, 4.69) is 5.32 Å². The molecule has 29 heavy (non-hydrogen) atoms. The van der Waals surface area contributed by atoms with Crippen molar-refractivity contribution in [1.82, 2.24) is 0 Å². The summed E-state index contributed by atoms with van der Waals surface area (Å²) < 4.78 is 10.9. The molecule has 2 aromatic carbocycles. The lowest BCUT2D eigenvalue weighted by Crippen LogP contribution is -2.45. The summed E-state index contributed by atoms with van der Waals surface area (Å²) in [6.45, 7) is 1.52. The van der Waals surface area contributed by atoms with Crippen molar-refractivity contribution in [3.8, 4) is 6.07 Å². The van der Waals surface area contributed by atoms with Crippen LogP contribution in [0, 0.1) is 11.3 Å². The number of ether oxygens (including phenoxy) is 2. The van der Waals surface area contributed by atoms with Gasteiger partial charge in [0.25, 0.3) is 0 Å². The second-order valence-electron chi connectivity index (χ2n) is 6.70. The Hall–Kier alpha value is -4.05. The number of para-hydroxylation sites is 1. The van der Waals surface area contributed by atoms with Gasteiger partial charge in [-0.05, 0) is 18.6 Å². The predicted octanol–water partition coefficient (Wildman–Crippen LogP) is 2.62. The maximum absolute atomic E-state index is 13.2. The highest BCUT2D eigenvalue weighted by Gasteiger charge is 2.59. The molecule has 7 nitrogen and oxygen atoms in total. The van der Waals surface area contributed by atoms with E-state index >= 15 is 0 Å². The molecule has 0 fully saturated rings. The normalized spacial score (nSPS) is 20.1. The van der Waals surface area contributed by atoms with Gasteiger partial charge in [-0.25, -0.2) is 4.79 Å². The number of carbonyl (C=O) groups is 2. The van der Waals surface area contributed by atoms with Gasteiger partial charge in [0, 0.05) is 11.3 Å². The number of nitrogens with two attached hydrogens (primary N) is 1. The number of amides is 1. The lowest BCUT2D eigenvalue weighted by atomic mass is 9.68. The SMILES string of the molecule is CC1=C(C#N)[C@@]2(C(=O)Nc3ccccc32)C(C(=O)OCc2ccccc2)=C(N)O1.